The van der Waals surface area contributed by atoms with Gasteiger partial charge in [-0.3, -0.25) is 0 Å². The molecule has 0 saturated carbocycles. The second-order valence-electron chi connectivity index (χ2n) is 4.15. The Morgan fingerprint density at radius 3 is 2.38 bits per heavy atom. The first kappa shape index (κ1) is 14.6. The highest BCUT2D eigenvalue weighted by molar-refractivity contribution is 5.97. The lowest BCUT2D eigenvalue weighted by molar-refractivity contribution is 0.0600. The number of esters is 1. The lowest BCUT2D eigenvalue weighted by atomic mass is 9.97. The second-order valence-corrected chi connectivity index (χ2v) is 4.15. The maximum atomic E-state index is 13.9. The van der Waals surface area contributed by atoms with Crippen molar-refractivity contribution in [1.29, 1.82) is 0 Å². The van der Waals surface area contributed by atoms with Gasteiger partial charge in [0.25, 0.3) is 0 Å². The number of rotatable bonds is 3. The molecule has 6 heteroatoms. The van der Waals surface area contributed by atoms with Crippen LogP contribution in [0.25, 0.3) is 11.1 Å². The van der Waals surface area contributed by atoms with Crippen molar-refractivity contribution in [3.8, 4) is 11.1 Å². The molecule has 0 aliphatic heterocycles. The summed E-state index contributed by atoms with van der Waals surface area (Å²) in [6.45, 7) is 0. The number of carbonyl (C=O) groups is 2. The van der Waals surface area contributed by atoms with Crippen LogP contribution in [0.3, 0.4) is 0 Å². The molecule has 0 spiro atoms. The first-order valence-electron chi connectivity index (χ1n) is 5.85. The van der Waals surface area contributed by atoms with E-state index in [4.69, 9.17) is 5.11 Å². The van der Waals surface area contributed by atoms with Crippen molar-refractivity contribution in [2.24, 2.45) is 0 Å². The molecular weight excluding hydrogens is 282 g/mol. The molecule has 0 unspecified atom stereocenters. The molecule has 4 nitrogen and oxygen atoms in total. The molecule has 0 bridgehead atoms. The van der Waals surface area contributed by atoms with Crippen molar-refractivity contribution in [3.05, 3.63) is 59.2 Å². The Labute approximate surface area is 118 Å². The number of carboxylic acid groups (broad SMARTS) is 1. The third kappa shape index (κ3) is 2.74. The molecule has 0 atom stereocenters. The highest BCUT2D eigenvalue weighted by Crippen LogP contribution is 2.29. The summed E-state index contributed by atoms with van der Waals surface area (Å²) in [5.74, 6) is -3.98. The van der Waals surface area contributed by atoms with E-state index in [-0.39, 0.29) is 16.7 Å². The Hall–Kier alpha value is -2.76. The summed E-state index contributed by atoms with van der Waals surface area (Å²) in [6.07, 6.45) is 0. The fourth-order valence-electron chi connectivity index (χ4n) is 1.94. The molecule has 0 fully saturated rings. The van der Waals surface area contributed by atoms with Crippen molar-refractivity contribution in [2.75, 3.05) is 7.11 Å². The third-order valence-corrected chi connectivity index (χ3v) is 2.91. The number of hydrogen-bond acceptors (Lipinski definition) is 3. The van der Waals surface area contributed by atoms with E-state index in [9.17, 15) is 18.4 Å². The number of carboxylic acids is 1. The van der Waals surface area contributed by atoms with Gasteiger partial charge in [-0.25, -0.2) is 18.4 Å². The Balaban J connectivity index is 2.70. The van der Waals surface area contributed by atoms with Crippen molar-refractivity contribution in [1.82, 2.24) is 0 Å². The number of hydrogen-bond donors (Lipinski definition) is 1. The predicted molar refractivity (Wildman–Crippen MR) is 70.1 cm³/mol. The standard InChI is InChI=1S/C15H10F2O4/c1-21-15(20)8-5-6-11(16)10(7-8)9-3-2-4-12(17)13(9)14(18)19/h2-7H,1H3,(H,18,19). The smallest absolute Gasteiger partial charge is 0.339 e. The minimum atomic E-state index is -1.52. The monoisotopic (exact) mass is 292 g/mol. The Kier molecular flexibility index (Phi) is 3.98. The zero-order valence-corrected chi connectivity index (χ0v) is 10.9. The van der Waals surface area contributed by atoms with Gasteiger partial charge < -0.3 is 9.84 Å². The highest BCUT2D eigenvalue weighted by Gasteiger charge is 2.20. The van der Waals surface area contributed by atoms with Crippen LogP contribution in [-0.4, -0.2) is 24.2 Å². The number of ether oxygens (including phenoxy) is 1. The van der Waals surface area contributed by atoms with Crippen LogP contribution in [0.2, 0.25) is 0 Å². The van der Waals surface area contributed by atoms with E-state index in [0.717, 1.165) is 25.3 Å². The van der Waals surface area contributed by atoms with E-state index in [0.29, 0.717) is 0 Å². The van der Waals surface area contributed by atoms with Gasteiger partial charge in [-0.2, -0.15) is 0 Å². The van der Waals surface area contributed by atoms with E-state index in [1.807, 2.05) is 0 Å². The largest absolute Gasteiger partial charge is 0.478 e. The van der Waals surface area contributed by atoms with Gasteiger partial charge in [0, 0.05) is 11.1 Å². The lowest BCUT2D eigenvalue weighted by Crippen LogP contribution is -2.06. The zero-order chi connectivity index (χ0) is 15.6. The van der Waals surface area contributed by atoms with E-state index in [1.54, 1.807) is 0 Å². The quantitative estimate of drug-likeness (QED) is 0.883. The lowest BCUT2D eigenvalue weighted by Gasteiger charge is -2.09. The van der Waals surface area contributed by atoms with Crippen LogP contribution in [0.5, 0.6) is 0 Å². The zero-order valence-electron chi connectivity index (χ0n) is 10.9. The summed E-state index contributed by atoms with van der Waals surface area (Å²) >= 11 is 0. The minimum absolute atomic E-state index is 0.0366. The van der Waals surface area contributed by atoms with Crippen molar-refractivity contribution >= 4 is 11.9 Å². The number of methoxy groups -OCH3 is 1. The predicted octanol–water partition coefficient (Wildman–Crippen LogP) is 3.12. The number of carbonyl (C=O) groups excluding carboxylic acids is 1. The Bertz CT molecular complexity index is 726. The maximum Gasteiger partial charge on any atom is 0.339 e. The van der Waals surface area contributed by atoms with Crippen LogP contribution in [0, 0.1) is 11.6 Å². The topological polar surface area (TPSA) is 63.6 Å². The molecule has 21 heavy (non-hydrogen) atoms. The van der Waals surface area contributed by atoms with Crippen LogP contribution in [0.1, 0.15) is 20.7 Å². The Morgan fingerprint density at radius 2 is 1.76 bits per heavy atom. The fraction of sp³-hybridized carbons (Fsp3) is 0.0667. The van der Waals surface area contributed by atoms with Gasteiger partial charge in [-0.1, -0.05) is 12.1 Å². The van der Waals surface area contributed by atoms with Crippen molar-refractivity contribution < 1.29 is 28.2 Å². The molecule has 2 rings (SSSR count). The molecule has 108 valence electrons. The second kappa shape index (κ2) is 5.70. The minimum Gasteiger partial charge on any atom is -0.478 e. The summed E-state index contributed by atoms with van der Waals surface area (Å²) in [6, 6.07) is 6.83. The van der Waals surface area contributed by atoms with E-state index >= 15 is 0 Å². The average Bonchev–Trinajstić information content (AvgIpc) is 2.46. The Morgan fingerprint density at radius 1 is 1.05 bits per heavy atom. The molecule has 0 amide bonds. The van der Waals surface area contributed by atoms with Gasteiger partial charge in [-0.05, 0) is 24.3 Å². The summed E-state index contributed by atoms with van der Waals surface area (Å²) in [4.78, 5) is 22.6. The van der Waals surface area contributed by atoms with Gasteiger partial charge in [0.2, 0.25) is 0 Å². The van der Waals surface area contributed by atoms with Gasteiger partial charge >= 0.3 is 11.9 Å². The van der Waals surface area contributed by atoms with Gasteiger partial charge in [-0.15, -0.1) is 0 Å². The SMILES string of the molecule is COC(=O)c1ccc(F)c(-c2cccc(F)c2C(=O)O)c1. The van der Waals surface area contributed by atoms with Crippen molar-refractivity contribution in [3.63, 3.8) is 0 Å². The first-order valence-corrected chi connectivity index (χ1v) is 5.85. The summed E-state index contributed by atoms with van der Waals surface area (Å²) in [5, 5.41) is 9.07. The van der Waals surface area contributed by atoms with Crippen LogP contribution < -0.4 is 0 Å². The molecular formula is C15H10F2O4. The van der Waals surface area contributed by atoms with Crippen LogP contribution >= 0.6 is 0 Å². The van der Waals surface area contributed by atoms with E-state index in [1.165, 1.54) is 18.2 Å². The average molecular weight is 292 g/mol. The first-order chi connectivity index (χ1) is 9.95. The summed E-state index contributed by atoms with van der Waals surface area (Å²) in [5.41, 5.74) is -0.950. The molecule has 0 aliphatic rings. The highest BCUT2D eigenvalue weighted by atomic mass is 19.1. The van der Waals surface area contributed by atoms with Gasteiger partial charge in [0.05, 0.1) is 12.7 Å². The normalized spacial score (nSPS) is 10.2. The molecule has 0 saturated heterocycles. The van der Waals surface area contributed by atoms with Crippen LogP contribution in [0.4, 0.5) is 8.78 Å². The van der Waals surface area contributed by atoms with Crippen LogP contribution in [0.15, 0.2) is 36.4 Å². The molecule has 1 N–H and O–H groups in total. The van der Waals surface area contributed by atoms with E-state index in [2.05, 4.69) is 4.74 Å². The molecule has 0 radical (unpaired) electrons. The molecule has 0 aliphatic carbocycles. The molecule has 0 aromatic heterocycles. The maximum absolute atomic E-state index is 13.9. The number of aromatic carboxylic acids is 1. The van der Waals surface area contributed by atoms with Crippen molar-refractivity contribution in [2.45, 2.75) is 0 Å². The molecule has 0 heterocycles. The molecule has 2 aromatic rings. The number of benzene rings is 2. The summed E-state index contributed by atoms with van der Waals surface area (Å²) < 4.78 is 32.1. The van der Waals surface area contributed by atoms with Gasteiger partial charge in [0.1, 0.15) is 17.2 Å². The van der Waals surface area contributed by atoms with Gasteiger partial charge in [0.15, 0.2) is 0 Å². The summed E-state index contributed by atoms with van der Waals surface area (Å²) in [7, 11) is 1.16. The number of halogens is 2. The fourth-order valence-corrected chi connectivity index (χ4v) is 1.94. The van der Waals surface area contributed by atoms with Crippen LogP contribution in [-0.2, 0) is 4.74 Å². The van der Waals surface area contributed by atoms with E-state index < -0.39 is 29.1 Å². The third-order valence-electron chi connectivity index (χ3n) is 2.91. The molecule has 2 aromatic carbocycles.